The summed E-state index contributed by atoms with van der Waals surface area (Å²) >= 11 is 17.4. The van der Waals surface area contributed by atoms with Gasteiger partial charge in [-0.15, -0.1) is 0 Å². The van der Waals surface area contributed by atoms with Crippen LogP contribution >= 0.6 is 61.7 Å². The monoisotopic (exact) mass is 497 g/mol. The lowest BCUT2D eigenvalue weighted by atomic mass is 10.1. The van der Waals surface area contributed by atoms with E-state index in [2.05, 4.69) is 43.8 Å². The van der Waals surface area contributed by atoms with Crippen LogP contribution in [-0.4, -0.2) is 5.91 Å². The molecule has 21 heavy (non-hydrogen) atoms. The van der Waals surface area contributed by atoms with Gasteiger partial charge in [-0.2, -0.15) is 0 Å². The van der Waals surface area contributed by atoms with E-state index in [1.54, 1.807) is 18.2 Å². The molecule has 0 aliphatic carbocycles. The number of carbonyl (C=O) groups excluding carboxylic acids is 1. The molecule has 1 N–H and O–H groups in total. The van der Waals surface area contributed by atoms with E-state index >= 15 is 0 Å². The molecule has 0 saturated heterocycles. The first-order valence-electron chi connectivity index (χ1n) is 6.09. The number of rotatable bonds is 3. The van der Waals surface area contributed by atoms with Crippen molar-refractivity contribution in [2.45, 2.75) is 13.0 Å². The molecule has 0 aromatic heterocycles. The van der Waals surface area contributed by atoms with E-state index in [-0.39, 0.29) is 11.9 Å². The number of hydrogen-bond acceptors (Lipinski definition) is 1. The van der Waals surface area contributed by atoms with E-state index in [1.807, 2.05) is 25.1 Å². The van der Waals surface area contributed by atoms with E-state index in [4.69, 9.17) is 23.2 Å². The molecule has 1 atom stereocenters. The van der Waals surface area contributed by atoms with E-state index in [1.165, 1.54) is 0 Å². The summed E-state index contributed by atoms with van der Waals surface area (Å²) < 4.78 is 1.77. The third kappa shape index (κ3) is 4.34. The maximum absolute atomic E-state index is 12.4. The molecule has 0 saturated carbocycles. The molecule has 2 aromatic carbocycles. The molecular weight excluding hydrogens is 488 g/mol. The molecular formula is C15H11BrCl2INO. The number of halogens is 4. The molecule has 0 spiro atoms. The first-order chi connectivity index (χ1) is 9.88. The molecule has 2 nitrogen and oxygen atoms in total. The van der Waals surface area contributed by atoms with Crippen LogP contribution in [0.2, 0.25) is 10.0 Å². The third-order valence-electron chi connectivity index (χ3n) is 2.96. The predicted octanol–water partition coefficient (Wildman–Crippen LogP) is 5.85. The summed E-state index contributed by atoms with van der Waals surface area (Å²) in [4.78, 5) is 12.4. The van der Waals surface area contributed by atoms with Gasteiger partial charge in [0, 0.05) is 8.04 Å². The van der Waals surface area contributed by atoms with E-state index in [9.17, 15) is 4.79 Å². The highest BCUT2D eigenvalue weighted by Gasteiger charge is 2.15. The Hall–Kier alpha value is -0.300. The molecule has 0 radical (unpaired) electrons. The molecule has 0 aliphatic rings. The average Bonchev–Trinajstić information content (AvgIpc) is 2.44. The van der Waals surface area contributed by atoms with Crippen LogP contribution in [0.15, 0.2) is 40.9 Å². The van der Waals surface area contributed by atoms with Crippen LogP contribution in [0.4, 0.5) is 0 Å². The van der Waals surface area contributed by atoms with Gasteiger partial charge in [0.2, 0.25) is 0 Å². The van der Waals surface area contributed by atoms with E-state index in [0.717, 1.165) is 13.6 Å². The van der Waals surface area contributed by atoms with Crippen LogP contribution in [0, 0.1) is 3.57 Å². The highest BCUT2D eigenvalue weighted by Crippen LogP contribution is 2.26. The Balaban J connectivity index is 2.18. The molecule has 0 fully saturated rings. The molecule has 0 bridgehead atoms. The molecule has 2 aromatic rings. The van der Waals surface area contributed by atoms with Crippen LogP contribution in [0.25, 0.3) is 0 Å². The van der Waals surface area contributed by atoms with Crippen LogP contribution < -0.4 is 5.32 Å². The van der Waals surface area contributed by atoms with Gasteiger partial charge in [0.25, 0.3) is 5.91 Å². The topological polar surface area (TPSA) is 29.1 Å². The van der Waals surface area contributed by atoms with Crippen LogP contribution in [-0.2, 0) is 0 Å². The Bertz CT molecular complexity index is 693. The predicted molar refractivity (Wildman–Crippen MR) is 99.2 cm³/mol. The second-order valence-corrected chi connectivity index (χ2v) is 7.39. The van der Waals surface area contributed by atoms with Crippen molar-refractivity contribution in [3.05, 3.63) is 65.6 Å². The molecule has 0 heterocycles. The van der Waals surface area contributed by atoms with Crippen LogP contribution in [0.5, 0.6) is 0 Å². The number of benzene rings is 2. The Morgan fingerprint density at radius 2 is 1.90 bits per heavy atom. The lowest BCUT2D eigenvalue weighted by molar-refractivity contribution is 0.0939. The normalized spacial score (nSPS) is 12.0. The molecule has 110 valence electrons. The van der Waals surface area contributed by atoms with Gasteiger partial charge in [0.15, 0.2) is 0 Å². The minimum Gasteiger partial charge on any atom is -0.345 e. The molecule has 6 heteroatoms. The van der Waals surface area contributed by atoms with Crippen LogP contribution in [0.1, 0.15) is 28.9 Å². The second kappa shape index (κ2) is 7.31. The summed E-state index contributed by atoms with van der Waals surface area (Å²) in [5.41, 5.74) is 1.54. The maximum atomic E-state index is 12.4. The Labute approximate surface area is 155 Å². The fourth-order valence-electron chi connectivity index (χ4n) is 1.81. The summed E-state index contributed by atoms with van der Waals surface area (Å²) in [6, 6.07) is 10.8. The van der Waals surface area contributed by atoms with Gasteiger partial charge in [-0.25, -0.2) is 0 Å². The van der Waals surface area contributed by atoms with Gasteiger partial charge in [0.1, 0.15) is 0 Å². The number of amides is 1. The van der Waals surface area contributed by atoms with Crippen molar-refractivity contribution in [3.63, 3.8) is 0 Å². The third-order valence-corrected chi connectivity index (χ3v) is 5.14. The van der Waals surface area contributed by atoms with Gasteiger partial charge >= 0.3 is 0 Å². The average molecular weight is 499 g/mol. The summed E-state index contributed by atoms with van der Waals surface area (Å²) in [5.74, 6) is -0.126. The summed E-state index contributed by atoms with van der Waals surface area (Å²) in [6.07, 6.45) is 0. The molecule has 1 unspecified atom stereocenters. The van der Waals surface area contributed by atoms with Gasteiger partial charge in [-0.1, -0.05) is 45.2 Å². The quantitative estimate of drug-likeness (QED) is 0.528. The van der Waals surface area contributed by atoms with E-state index in [0.29, 0.717) is 15.6 Å². The number of hydrogen-bond donors (Lipinski definition) is 1. The van der Waals surface area contributed by atoms with Crippen molar-refractivity contribution < 1.29 is 4.79 Å². The van der Waals surface area contributed by atoms with Crippen molar-refractivity contribution in [1.82, 2.24) is 5.32 Å². The molecule has 2 rings (SSSR count). The Morgan fingerprint density at radius 1 is 1.19 bits per heavy atom. The SMILES string of the molecule is CC(NC(=O)c1cc(Br)ccc1I)c1ccc(Cl)c(Cl)c1. The van der Waals surface area contributed by atoms with Crippen molar-refractivity contribution >= 4 is 67.6 Å². The van der Waals surface area contributed by atoms with Gasteiger partial charge in [-0.3, -0.25) is 4.79 Å². The van der Waals surface area contributed by atoms with E-state index < -0.39 is 0 Å². The highest BCUT2D eigenvalue weighted by molar-refractivity contribution is 14.1. The summed E-state index contributed by atoms with van der Waals surface area (Å²) in [7, 11) is 0. The van der Waals surface area contributed by atoms with Gasteiger partial charge in [-0.05, 0) is 65.4 Å². The largest absolute Gasteiger partial charge is 0.345 e. The van der Waals surface area contributed by atoms with Crippen molar-refractivity contribution in [2.24, 2.45) is 0 Å². The minimum absolute atomic E-state index is 0.126. The van der Waals surface area contributed by atoms with Crippen LogP contribution in [0.3, 0.4) is 0 Å². The first-order valence-corrected chi connectivity index (χ1v) is 8.72. The first kappa shape index (κ1) is 17.1. The fourth-order valence-corrected chi connectivity index (χ4v) is 3.06. The van der Waals surface area contributed by atoms with Crippen molar-refractivity contribution in [1.29, 1.82) is 0 Å². The minimum atomic E-state index is -0.165. The lowest BCUT2D eigenvalue weighted by Gasteiger charge is -2.16. The van der Waals surface area contributed by atoms with Crippen molar-refractivity contribution in [3.8, 4) is 0 Å². The summed E-state index contributed by atoms with van der Waals surface area (Å²) in [6.45, 7) is 1.91. The zero-order chi connectivity index (χ0) is 15.6. The zero-order valence-corrected chi connectivity index (χ0v) is 16.2. The lowest BCUT2D eigenvalue weighted by Crippen LogP contribution is -2.27. The number of nitrogens with one attached hydrogen (secondary N) is 1. The molecule has 0 aliphatic heterocycles. The molecule has 1 amide bonds. The van der Waals surface area contributed by atoms with Gasteiger partial charge < -0.3 is 5.32 Å². The maximum Gasteiger partial charge on any atom is 0.252 e. The smallest absolute Gasteiger partial charge is 0.252 e. The zero-order valence-electron chi connectivity index (χ0n) is 11.0. The fraction of sp³-hybridized carbons (Fsp3) is 0.133. The number of carbonyl (C=O) groups is 1. The summed E-state index contributed by atoms with van der Waals surface area (Å²) in [5, 5.41) is 3.94. The standard InChI is InChI=1S/C15H11BrCl2INO/c1-8(9-2-4-12(17)13(18)6-9)20-15(21)11-7-10(16)3-5-14(11)19/h2-8H,1H3,(H,20,21). The Morgan fingerprint density at radius 3 is 2.57 bits per heavy atom. The van der Waals surface area contributed by atoms with Crippen molar-refractivity contribution in [2.75, 3.05) is 0 Å². The highest BCUT2D eigenvalue weighted by atomic mass is 127. The van der Waals surface area contributed by atoms with Gasteiger partial charge in [0.05, 0.1) is 21.7 Å². The Kier molecular flexibility index (Phi) is 5.94. The second-order valence-electron chi connectivity index (χ2n) is 4.49.